The van der Waals surface area contributed by atoms with E-state index in [2.05, 4.69) is 10.6 Å². The zero-order valence-corrected chi connectivity index (χ0v) is 10.6. The van der Waals surface area contributed by atoms with Gasteiger partial charge in [0.25, 0.3) is 5.91 Å². The SMILES string of the molecule is CNC(=O)c1ccc(N)cc1NC1CCSC1. The van der Waals surface area contributed by atoms with Gasteiger partial charge in [0.2, 0.25) is 0 Å². The van der Waals surface area contributed by atoms with Gasteiger partial charge in [-0.1, -0.05) is 0 Å². The van der Waals surface area contributed by atoms with Crippen LogP contribution >= 0.6 is 11.8 Å². The van der Waals surface area contributed by atoms with Crippen molar-refractivity contribution in [3.05, 3.63) is 23.8 Å². The van der Waals surface area contributed by atoms with Gasteiger partial charge in [0.05, 0.1) is 5.56 Å². The molecule has 1 atom stereocenters. The Kier molecular flexibility index (Phi) is 3.78. The number of nitrogen functional groups attached to an aromatic ring is 1. The summed E-state index contributed by atoms with van der Waals surface area (Å²) in [6.07, 6.45) is 1.13. The minimum atomic E-state index is -0.0850. The standard InChI is InChI=1S/C12H17N3OS/c1-14-12(16)10-3-2-8(13)6-11(10)15-9-4-5-17-7-9/h2-3,6,9,15H,4-5,7,13H2,1H3,(H,14,16). The van der Waals surface area contributed by atoms with Gasteiger partial charge in [0, 0.05) is 30.2 Å². The maximum atomic E-state index is 11.7. The Morgan fingerprint density at radius 1 is 1.53 bits per heavy atom. The zero-order chi connectivity index (χ0) is 12.3. The van der Waals surface area contributed by atoms with E-state index in [1.165, 1.54) is 5.75 Å². The van der Waals surface area contributed by atoms with Crippen LogP contribution in [0.3, 0.4) is 0 Å². The van der Waals surface area contributed by atoms with Crippen LogP contribution in [-0.2, 0) is 0 Å². The first-order valence-corrected chi connectivity index (χ1v) is 6.82. The second-order valence-corrected chi connectivity index (χ2v) is 5.24. The van der Waals surface area contributed by atoms with Crippen molar-refractivity contribution < 1.29 is 4.79 Å². The van der Waals surface area contributed by atoms with E-state index < -0.39 is 0 Å². The van der Waals surface area contributed by atoms with Crippen molar-refractivity contribution in [1.82, 2.24) is 5.32 Å². The zero-order valence-electron chi connectivity index (χ0n) is 9.82. The number of nitrogens with two attached hydrogens (primary N) is 1. The van der Waals surface area contributed by atoms with Crippen molar-refractivity contribution in [2.24, 2.45) is 0 Å². The smallest absolute Gasteiger partial charge is 0.253 e. The summed E-state index contributed by atoms with van der Waals surface area (Å²) < 4.78 is 0. The third-order valence-electron chi connectivity index (χ3n) is 2.80. The number of hydrogen-bond donors (Lipinski definition) is 3. The lowest BCUT2D eigenvalue weighted by Crippen LogP contribution is -2.24. The molecule has 0 aliphatic carbocycles. The number of carbonyl (C=O) groups excluding carboxylic acids is 1. The fourth-order valence-corrected chi connectivity index (χ4v) is 3.03. The van der Waals surface area contributed by atoms with Crippen molar-refractivity contribution in [2.75, 3.05) is 29.6 Å². The van der Waals surface area contributed by atoms with Gasteiger partial charge in [-0.15, -0.1) is 0 Å². The molecule has 0 bridgehead atoms. The highest BCUT2D eigenvalue weighted by molar-refractivity contribution is 7.99. The number of amides is 1. The molecule has 4 nitrogen and oxygen atoms in total. The number of hydrogen-bond acceptors (Lipinski definition) is 4. The van der Waals surface area contributed by atoms with E-state index in [9.17, 15) is 4.79 Å². The van der Waals surface area contributed by atoms with Gasteiger partial charge in [0.1, 0.15) is 0 Å². The lowest BCUT2D eigenvalue weighted by molar-refractivity contribution is 0.0964. The maximum Gasteiger partial charge on any atom is 0.253 e. The number of thioether (sulfide) groups is 1. The van der Waals surface area contributed by atoms with Crippen LogP contribution in [0.5, 0.6) is 0 Å². The van der Waals surface area contributed by atoms with Crippen LogP contribution in [0.15, 0.2) is 18.2 Å². The molecule has 0 aromatic heterocycles. The molecule has 4 N–H and O–H groups in total. The van der Waals surface area contributed by atoms with E-state index in [-0.39, 0.29) is 5.91 Å². The summed E-state index contributed by atoms with van der Waals surface area (Å²) in [7, 11) is 1.63. The van der Waals surface area contributed by atoms with Crippen molar-refractivity contribution in [3.8, 4) is 0 Å². The molecule has 1 aromatic carbocycles. The Hall–Kier alpha value is -1.36. The predicted molar refractivity (Wildman–Crippen MR) is 73.6 cm³/mol. The van der Waals surface area contributed by atoms with E-state index in [0.717, 1.165) is 17.9 Å². The second-order valence-electron chi connectivity index (χ2n) is 4.09. The van der Waals surface area contributed by atoms with Gasteiger partial charge in [-0.25, -0.2) is 0 Å². The molecule has 0 spiro atoms. The third-order valence-corrected chi connectivity index (χ3v) is 3.97. The molecule has 1 unspecified atom stereocenters. The Labute approximate surface area is 105 Å². The van der Waals surface area contributed by atoms with Crippen LogP contribution in [0, 0.1) is 0 Å². The highest BCUT2D eigenvalue weighted by atomic mass is 32.2. The van der Waals surface area contributed by atoms with Gasteiger partial charge in [-0.2, -0.15) is 11.8 Å². The maximum absolute atomic E-state index is 11.7. The van der Waals surface area contributed by atoms with Crippen LogP contribution in [0.2, 0.25) is 0 Å². The lowest BCUT2D eigenvalue weighted by atomic mass is 10.1. The molecule has 1 aliphatic rings. The van der Waals surface area contributed by atoms with E-state index in [1.807, 2.05) is 17.8 Å². The molecule has 1 aromatic rings. The number of anilines is 2. The van der Waals surface area contributed by atoms with E-state index in [0.29, 0.717) is 17.3 Å². The molecule has 1 saturated heterocycles. The van der Waals surface area contributed by atoms with E-state index >= 15 is 0 Å². The molecule has 1 amide bonds. The summed E-state index contributed by atoms with van der Waals surface area (Å²) in [6.45, 7) is 0. The average molecular weight is 251 g/mol. The Balaban J connectivity index is 2.22. The summed E-state index contributed by atoms with van der Waals surface area (Å²) in [5, 5.41) is 6.04. The largest absolute Gasteiger partial charge is 0.399 e. The molecule has 1 fully saturated rings. The molecule has 1 aliphatic heterocycles. The summed E-state index contributed by atoms with van der Waals surface area (Å²) in [5.74, 6) is 2.18. The highest BCUT2D eigenvalue weighted by Gasteiger charge is 2.18. The topological polar surface area (TPSA) is 67.2 Å². The average Bonchev–Trinajstić information content (AvgIpc) is 2.81. The first-order chi connectivity index (χ1) is 8.20. The van der Waals surface area contributed by atoms with Crippen LogP contribution in [-0.4, -0.2) is 30.5 Å². The monoisotopic (exact) mass is 251 g/mol. The molecule has 92 valence electrons. The molecule has 0 radical (unpaired) electrons. The summed E-state index contributed by atoms with van der Waals surface area (Å²) in [5.41, 5.74) is 7.92. The summed E-state index contributed by atoms with van der Waals surface area (Å²) in [4.78, 5) is 11.7. The Bertz CT molecular complexity index is 416. The fourth-order valence-electron chi connectivity index (χ4n) is 1.88. The molecular formula is C12H17N3OS. The molecule has 5 heteroatoms. The third kappa shape index (κ3) is 2.85. The fraction of sp³-hybridized carbons (Fsp3) is 0.417. The first-order valence-electron chi connectivity index (χ1n) is 5.66. The van der Waals surface area contributed by atoms with Crippen molar-refractivity contribution in [3.63, 3.8) is 0 Å². The van der Waals surface area contributed by atoms with E-state index in [4.69, 9.17) is 5.73 Å². The molecule has 17 heavy (non-hydrogen) atoms. The molecule has 1 heterocycles. The Morgan fingerprint density at radius 2 is 2.35 bits per heavy atom. The number of rotatable bonds is 3. The molecule has 2 rings (SSSR count). The highest BCUT2D eigenvalue weighted by Crippen LogP contribution is 2.25. The number of nitrogens with one attached hydrogen (secondary N) is 2. The summed E-state index contributed by atoms with van der Waals surface area (Å²) >= 11 is 1.93. The van der Waals surface area contributed by atoms with Crippen LogP contribution < -0.4 is 16.4 Å². The minimum absolute atomic E-state index is 0.0850. The second kappa shape index (κ2) is 5.31. The van der Waals surface area contributed by atoms with Crippen LogP contribution in [0.4, 0.5) is 11.4 Å². The molecular weight excluding hydrogens is 234 g/mol. The van der Waals surface area contributed by atoms with Gasteiger partial charge in [-0.05, 0) is 30.4 Å². The van der Waals surface area contributed by atoms with Crippen LogP contribution in [0.25, 0.3) is 0 Å². The van der Waals surface area contributed by atoms with Gasteiger partial charge >= 0.3 is 0 Å². The van der Waals surface area contributed by atoms with Gasteiger partial charge < -0.3 is 16.4 Å². The first kappa shape index (κ1) is 12.1. The normalized spacial score (nSPS) is 19.0. The van der Waals surface area contributed by atoms with E-state index in [1.54, 1.807) is 19.2 Å². The number of carbonyl (C=O) groups is 1. The molecule has 0 saturated carbocycles. The predicted octanol–water partition coefficient (Wildman–Crippen LogP) is 1.55. The number of benzene rings is 1. The van der Waals surface area contributed by atoms with Gasteiger partial charge in [-0.3, -0.25) is 4.79 Å². The Morgan fingerprint density at radius 3 is 3.00 bits per heavy atom. The van der Waals surface area contributed by atoms with Crippen molar-refractivity contribution in [1.29, 1.82) is 0 Å². The van der Waals surface area contributed by atoms with Crippen LogP contribution in [0.1, 0.15) is 16.8 Å². The van der Waals surface area contributed by atoms with Crippen molar-refractivity contribution >= 4 is 29.0 Å². The lowest BCUT2D eigenvalue weighted by Gasteiger charge is -2.16. The minimum Gasteiger partial charge on any atom is -0.399 e. The van der Waals surface area contributed by atoms with Crippen molar-refractivity contribution in [2.45, 2.75) is 12.5 Å². The summed E-state index contributed by atoms with van der Waals surface area (Å²) in [6, 6.07) is 5.77. The quantitative estimate of drug-likeness (QED) is 0.713. The van der Waals surface area contributed by atoms with Gasteiger partial charge in [0.15, 0.2) is 0 Å².